The Hall–Kier alpha value is -1.07. The van der Waals surface area contributed by atoms with Crippen molar-refractivity contribution in [1.29, 1.82) is 0 Å². The average Bonchev–Trinajstić information content (AvgIpc) is 2.75. The maximum Gasteiger partial charge on any atom is 0.202 e. The summed E-state index contributed by atoms with van der Waals surface area (Å²) in [5, 5.41) is 3.05. The summed E-state index contributed by atoms with van der Waals surface area (Å²) in [4.78, 5) is 4.18. The van der Waals surface area contributed by atoms with Crippen molar-refractivity contribution >= 4 is 5.95 Å². The molecule has 16 heavy (non-hydrogen) atoms. The molecule has 0 unspecified atom stereocenters. The predicted molar refractivity (Wildman–Crippen MR) is 63.7 cm³/mol. The molecule has 1 aromatic rings. The van der Waals surface area contributed by atoms with Gasteiger partial charge in [-0.2, -0.15) is 0 Å². The van der Waals surface area contributed by atoms with Crippen LogP contribution >= 0.6 is 0 Å². The van der Waals surface area contributed by atoms with E-state index >= 15 is 0 Å². The maximum absolute atomic E-state index is 5.38. The number of unbranched alkanes of at least 4 members (excludes halogenated alkanes) is 1. The van der Waals surface area contributed by atoms with Crippen LogP contribution in [0.3, 0.4) is 0 Å². The lowest BCUT2D eigenvalue weighted by molar-refractivity contribution is 0.0684. The fourth-order valence-corrected chi connectivity index (χ4v) is 1.45. The van der Waals surface area contributed by atoms with Gasteiger partial charge in [0.1, 0.15) is 0 Å². The molecule has 0 aliphatic heterocycles. The number of methoxy groups -OCH3 is 1. The largest absolute Gasteiger partial charge is 0.382 e. The van der Waals surface area contributed by atoms with E-state index in [4.69, 9.17) is 9.47 Å². The molecule has 5 nitrogen and oxygen atoms in total. The van der Waals surface area contributed by atoms with Crippen molar-refractivity contribution < 1.29 is 9.47 Å². The quantitative estimate of drug-likeness (QED) is 0.647. The number of imidazole rings is 1. The van der Waals surface area contributed by atoms with Gasteiger partial charge in [0, 0.05) is 39.7 Å². The Morgan fingerprint density at radius 1 is 1.31 bits per heavy atom. The molecule has 0 aliphatic carbocycles. The van der Waals surface area contributed by atoms with E-state index in [0.717, 1.165) is 31.9 Å². The minimum atomic E-state index is 0.672. The summed E-state index contributed by atoms with van der Waals surface area (Å²) in [5.74, 6) is 0.917. The summed E-state index contributed by atoms with van der Waals surface area (Å²) in [5.41, 5.74) is 0. The molecule has 1 N–H and O–H groups in total. The first kappa shape index (κ1) is 13.0. The van der Waals surface area contributed by atoms with Crippen molar-refractivity contribution in [3.8, 4) is 0 Å². The Balaban J connectivity index is 2.03. The highest BCUT2D eigenvalue weighted by atomic mass is 16.5. The summed E-state index contributed by atoms with van der Waals surface area (Å²) in [6.45, 7) is 3.13. The van der Waals surface area contributed by atoms with Gasteiger partial charge in [-0.05, 0) is 12.8 Å². The van der Waals surface area contributed by atoms with E-state index in [1.807, 2.05) is 13.2 Å². The van der Waals surface area contributed by atoms with Gasteiger partial charge in [0.2, 0.25) is 5.95 Å². The van der Waals surface area contributed by atoms with Gasteiger partial charge in [-0.25, -0.2) is 4.98 Å². The van der Waals surface area contributed by atoms with Crippen LogP contribution in [0.1, 0.15) is 12.8 Å². The lowest BCUT2D eigenvalue weighted by Gasteiger charge is -2.07. The number of nitrogens with one attached hydrogen (secondary N) is 1. The van der Waals surface area contributed by atoms with E-state index < -0.39 is 0 Å². The molecule has 5 heteroatoms. The molecule has 0 saturated carbocycles. The summed E-state index contributed by atoms with van der Waals surface area (Å²) in [6.07, 6.45) is 5.95. The molecule has 0 radical (unpaired) electrons. The first-order valence-corrected chi connectivity index (χ1v) is 5.64. The average molecular weight is 227 g/mol. The first-order valence-electron chi connectivity index (χ1n) is 5.64. The fraction of sp³-hybridized carbons (Fsp3) is 0.727. The van der Waals surface area contributed by atoms with Crippen LogP contribution < -0.4 is 5.32 Å². The molecule has 0 aromatic carbocycles. The van der Waals surface area contributed by atoms with Gasteiger partial charge < -0.3 is 19.4 Å². The molecule has 0 atom stereocenters. The zero-order valence-corrected chi connectivity index (χ0v) is 10.1. The number of rotatable bonds is 9. The van der Waals surface area contributed by atoms with Crippen molar-refractivity contribution in [1.82, 2.24) is 9.55 Å². The van der Waals surface area contributed by atoms with Crippen LogP contribution in [-0.4, -0.2) is 43.5 Å². The van der Waals surface area contributed by atoms with E-state index in [1.54, 1.807) is 13.3 Å². The Labute approximate surface area is 96.8 Å². The van der Waals surface area contributed by atoms with E-state index in [-0.39, 0.29) is 0 Å². The molecule has 0 spiro atoms. The highest BCUT2D eigenvalue weighted by Gasteiger charge is 1.98. The van der Waals surface area contributed by atoms with E-state index in [1.165, 1.54) is 0 Å². The van der Waals surface area contributed by atoms with Gasteiger partial charge in [0.05, 0.1) is 13.2 Å². The molecule has 0 amide bonds. The van der Waals surface area contributed by atoms with Crippen molar-refractivity contribution in [3.63, 3.8) is 0 Å². The summed E-state index contributed by atoms with van der Waals surface area (Å²) in [6, 6.07) is 0. The van der Waals surface area contributed by atoms with Crippen LogP contribution in [0.2, 0.25) is 0 Å². The Morgan fingerprint density at radius 3 is 2.94 bits per heavy atom. The Kier molecular flexibility index (Phi) is 6.60. The molecule has 0 bridgehead atoms. The highest BCUT2D eigenvalue weighted by Crippen LogP contribution is 2.05. The van der Waals surface area contributed by atoms with Gasteiger partial charge in [-0.1, -0.05) is 0 Å². The van der Waals surface area contributed by atoms with Gasteiger partial charge in [0.25, 0.3) is 0 Å². The smallest absolute Gasteiger partial charge is 0.202 e. The lowest BCUT2D eigenvalue weighted by Crippen LogP contribution is -2.06. The molecule has 1 rings (SSSR count). The third-order valence-corrected chi connectivity index (χ3v) is 2.31. The van der Waals surface area contributed by atoms with Crippen molar-refractivity contribution in [2.45, 2.75) is 19.4 Å². The second-order valence-electron chi connectivity index (χ2n) is 3.51. The zero-order chi connectivity index (χ0) is 11.6. The number of anilines is 1. The van der Waals surface area contributed by atoms with Crippen molar-refractivity contribution in [2.75, 3.05) is 39.3 Å². The van der Waals surface area contributed by atoms with E-state index in [9.17, 15) is 0 Å². The number of ether oxygens (including phenoxy) is 2. The zero-order valence-electron chi connectivity index (χ0n) is 10.1. The lowest BCUT2D eigenvalue weighted by atomic mass is 10.3. The third kappa shape index (κ3) is 4.63. The Morgan fingerprint density at radius 2 is 2.19 bits per heavy atom. The topological polar surface area (TPSA) is 48.3 Å². The normalized spacial score (nSPS) is 10.6. The van der Waals surface area contributed by atoms with Crippen molar-refractivity contribution in [2.24, 2.45) is 0 Å². The van der Waals surface area contributed by atoms with Crippen LogP contribution in [0.5, 0.6) is 0 Å². The number of hydrogen-bond acceptors (Lipinski definition) is 4. The van der Waals surface area contributed by atoms with Crippen LogP contribution in [0.25, 0.3) is 0 Å². The fourth-order valence-electron chi connectivity index (χ4n) is 1.45. The highest BCUT2D eigenvalue weighted by molar-refractivity contribution is 5.23. The molecule has 1 aromatic heterocycles. The SMILES string of the molecule is CNc1nccn1CCCCOCCOC. The van der Waals surface area contributed by atoms with Crippen LogP contribution in [0.4, 0.5) is 5.95 Å². The van der Waals surface area contributed by atoms with E-state index in [0.29, 0.717) is 13.2 Å². The van der Waals surface area contributed by atoms with E-state index in [2.05, 4.69) is 14.9 Å². The second kappa shape index (κ2) is 8.13. The number of aryl methyl sites for hydroxylation is 1. The minimum absolute atomic E-state index is 0.672. The number of aromatic nitrogens is 2. The Bertz CT molecular complexity index is 276. The minimum Gasteiger partial charge on any atom is -0.382 e. The summed E-state index contributed by atoms with van der Waals surface area (Å²) >= 11 is 0. The second-order valence-corrected chi connectivity index (χ2v) is 3.51. The number of nitrogens with zero attached hydrogens (tertiary/aromatic N) is 2. The standard InChI is InChI=1S/C11H21N3O2/c1-12-11-13-5-7-14(11)6-3-4-8-16-10-9-15-2/h5,7H,3-4,6,8-10H2,1-2H3,(H,12,13). The molecular weight excluding hydrogens is 206 g/mol. The van der Waals surface area contributed by atoms with Gasteiger partial charge >= 0.3 is 0 Å². The van der Waals surface area contributed by atoms with Crippen molar-refractivity contribution in [3.05, 3.63) is 12.4 Å². The van der Waals surface area contributed by atoms with Gasteiger partial charge in [0.15, 0.2) is 0 Å². The van der Waals surface area contributed by atoms with Crippen LogP contribution in [-0.2, 0) is 16.0 Å². The molecule has 1 heterocycles. The third-order valence-electron chi connectivity index (χ3n) is 2.31. The molecule has 0 aliphatic rings. The summed E-state index contributed by atoms with van der Waals surface area (Å²) < 4.78 is 12.4. The summed E-state index contributed by atoms with van der Waals surface area (Å²) in [7, 11) is 3.56. The first-order chi connectivity index (χ1) is 7.88. The monoisotopic (exact) mass is 227 g/mol. The van der Waals surface area contributed by atoms with Crippen LogP contribution in [0, 0.1) is 0 Å². The predicted octanol–water partition coefficient (Wildman–Crippen LogP) is 1.37. The number of hydrogen-bond donors (Lipinski definition) is 1. The molecule has 0 fully saturated rings. The molecular formula is C11H21N3O2. The molecule has 0 saturated heterocycles. The van der Waals surface area contributed by atoms with Gasteiger partial charge in [-0.15, -0.1) is 0 Å². The van der Waals surface area contributed by atoms with Crippen LogP contribution in [0.15, 0.2) is 12.4 Å². The molecule has 92 valence electrons. The maximum atomic E-state index is 5.38. The van der Waals surface area contributed by atoms with Gasteiger partial charge in [-0.3, -0.25) is 0 Å².